The monoisotopic (exact) mass is 236 g/mol. The third-order valence-corrected chi connectivity index (χ3v) is 4.01. The van der Waals surface area contributed by atoms with Gasteiger partial charge in [0, 0.05) is 13.2 Å². The van der Waals surface area contributed by atoms with Crippen molar-refractivity contribution in [1.82, 2.24) is 0 Å². The minimum absolute atomic E-state index is 0.00457. The molecule has 0 bridgehead atoms. The van der Waals surface area contributed by atoms with Crippen LogP contribution in [0.2, 0.25) is 0 Å². The van der Waals surface area contributed by atoms with Crippen LogP contribution >= 0.6 is 0 Å². The zero-order chi connectivity index (χ0) is 11.8. The molecule has 0 amide bonds. The van der Waals surface area contributed by atoms with Crippen molar-refractivity contribution in [2.45, 2.75) is 19.8 Å². The van der Waals surface area contributed by atoms with E-state index < -0.39 is 9.52 Å². The predicted molar refractivity (Wildman–Crippen MR) is 71.8 cm³/mol. The van der Waals surface area contributed by atoms with Crippen LogP contribution in [0.25, 0.3) is 6.08 Å². The summed E-state index contributed by atoms with van der Waals surface area (Å²) in [5.41, 5.74) is 1.16. The smallest absolute Gasteiger partial charge is 0.139 e. The van der Waals surface area contributed by atoms with Gasteiger partial charge in [0.1, 0.15) is 15.4 Å². The Morgan fingerprint density at radius 3 is 2.56 bits per heavy atom. The minimum Gasteiger partial charge on any atom is -0.357 e. The highest BCUT2D eigenvalue weighted by Gasteiger charge is 2.09. The highest BCUT2D eigenvalue weighted by atomic mass is 28.2. The minimum atomic E-state index is -0.542. The molecule has 0 heterocycles. The maximum absolute atomic E-state index is 5.57. The van der Waals surface area contributed by atoms with Gasteiger partial charge in [0.25, 0.3) is 0 Å². The Balaban J connectivity index is 2.64. The lowest BCUT2D eigenvalue weighted by molar-refractivity contribution is -0.0817. The first-order valence-electron chi connectivity index (χ1n) is 5.74. The molecule has 0 unspecified atom stereocenters. The predicted octanol–water partition coefficient (Wildman–Crippen LogP) is 1.48. The van der Waals surface area contributed by atoms with Crippen LogP contribution in [0, 0.1) is 0 Å². The molecule has 0 aliphatic carbocycles. The molecular formula is C13H20O2Si. The van der Waals surface area contributed by atoms with Crippen molar-refractivity contribution in [2.75, 3.05) is 13.2 Å². The molecule has 88 valence electrons. The average Bonchev–Trinajstić information content (AvgIpc) is 2.30. The molecule has 2 nitrogen and oxygen atoms in total. The molecule has 1 aromatic rings. The highest BCUT2D eigenvalue weighted by molar-refractivity contribution is 6.54. The molecule has 1 aromatic carbocycles. The first-order valence-corrected chi connectivity index (χ1v) is 7.27. The Labute approximate surface area is 100 Å². The standard InChI is InChI=1S/C13H20O2Si/c1-4-11-8-7-9-12(10-11)16-13(14-5-2)15-6-3/h4,7-10,13H,1,5-6,16H2,2-3H3. The second kappa shape index (κ2) is 7.38. The zero-order valence-electron chi connectivity index (χ0n) is 10.1. The first-order chi connectivity index (χ1) is 7.80. The molecule has 0 fully saturated rings. The molecule has 0 N–H and O–H groups in total. The van der Waals surface area contributed by atoms with Gasteiger partial charge in [0.05, 0.1) is 0 Å². The van der Waals surface area contributed by atoms with Crippen LogP contribution in [0.4, 0.5) is 0 Å². The summed E-state index contributed by atoms with van der Waals surface area (Å²) in [6, 6.07) is 8.43. The Morgan fingerprint density at radius 1 is 1.31 bits per heavy atom. The van der Waals surface area contributed by atoms with E-state index >= 15 is 0 Å². The highest BCUT2D eigenvalue weighted by Crippen LogP contribution is 1.99. The molecule has 3 heteroatoms. The molecular weight excluding hydrogens is 216 g/mol. The maximum Gasteiger partial charge on any atom is 0.139 e. The van der Waals surface area contributed by atoms with Gasteiger partial charge in [-0.25, -0.2) is 0 Å². The number of hydrogen-bond donors (Lipinski definition) is 0. The normalized spacial score (nSPS) is 11.4. The van der Waals surface area contributed by atoms with Gasteiger partial charge < -0.3 is 9.47 Å². The van der Waals surface area contributed by atoms with Crippen LogP contribution in [-0.2, 0) is 9.47 Å². The summed E-state index contributed by atoms with van der Waals surface area (Å²) < 4.78 is 11.1. The van der Waals surface area contributed by atoms with E-state index in [0.717, 1.165) is 5.56 Å². The largest absolute Gasteiger partial charge is 0.357 e. The number of rotatable bonds is 7. The van der Waals surface area contributed by atoms with Gasteiger partial charge >= 0.3 is 0 Å². The van der Waals surface area contributed by atoms with Crippen LogP contribution in [0.15, 0.2) is 30.8 Å². The van der Waals surface area contributed by atoms with Gasteiger partial charge in [-0.3, -0.25) is 0 Å². The Kier molecular flexibility index (Phi) is 6.07. The van der Waals surface area contributed by atoms with E-state index in [-0.39, 0.29) is 5.91 Å². The molecule has 0 saturated heterocycles. The molecule has 0 aromatic heterocycles. The summed E-state index contributed by atoms with van der Waals surface area (Å²) in [7, 11) is -0.542. The van der Waals surface area contributed by atoms with Gasteiger partial charge in [-0.2, -0.15) is 0 Å². The first kappa shape index (κ1) is 13.2. The summed E-state index contributed by atoms with van der Waals surface area (Å²) in [6.45, 7) is 9.19. The Bertz CT molecular complexity index is 319. The van der Waals surface area contributed by atoms with E-state index in [0.29, 0.717) is 13.2 Å². The number of ether oxygens (including phenoxy) is 2. The van der Waals surface area contributed by atoms with Crippen molar-refractivity contribution < 1.29 is 9.47 Å². The fraction of sp³-hybridized carbons (Fsp3) is 0.385. The van der Waals surface area contributed by atoms with Crippen molar-refractivity contribution in [3.05, 3.63) is 36.4 Å². The molecule has 0 saturated carbocycles. The lowest BCUT2D eigenvalue weighted by Gasteiger charge is -2.16. The summed E-state index contributed by atoms with van der Waals surface area (Å²) in [5, 5.41) is 1.35. The van der Waals surface area contributed by atoms with Gasteiger partial charge in [0.15, 0.2) is 0 Å². The molecule has 1 rings (SSSR count). The molecule has 0 spiro atoms. The van der Waals surface area contributed by atoms with E-state index in [4.69, 9.17) is 9.47 Å². The van der Waals surface area contributed by atoms with Crippen LogP contribution in [0.3, 0.4) is 0 Å². The molecule has 0 atom stereocenters. The van der Waals surface area contributed by atoms with Gasteiger partial charge in [-0.1, -0.05) is 42.1 Å². The fourth-order valence-electron chi connectivity index (χ4n) is 1.58. The summed E-state index contributed by atoms with van der Waals surface area (Å²) >= 11 is 0. The second-order valence-corrected chi connectivity index (χ2v) is 5.38. The van der Waals surface area contributed by atoms with Crippen molar-refractivity contribution in [2.24, 2.45) is 0 Å². The van der Waals surface area contributed by atoms with E-state index in [1.54, 1.807) is 0 Å². The third-order valence-electron chi connectivity index (χ3n) is 2.29. The fourth-order valence-corrected chi connectivity index (χ4v) is 3.29. The molecule has 0 aliphatic heterocycles. The van der Waals surface area contributed by atoms with Crippen LogP contribution in [0.1, 0.15) is 19.4 Å². The van der Waals surface area contributed by atoms with Gasteiger partial charge in [0.2, 0.25) is 0 Å². The number of benzene rings is 1. The van der Waals surface area contributed by atoms with E-state index in [2.05, 4.69) is 30.8 Å². The average molecular weight is 236 g/mol. The van der Waals surface area contributed by atoms with Crippen LogP contribution < -0.4 is 5.19 Å². The molecule has 0 radical (unpaired) electrons. The van der Waals surface area contributed by atoms with Crippen molar-refractivity contribution >= 4 is 20.8 Å². The summed E-state index contributed by atoms with van der Waals surface area (Å²) in [6.07, 6.45) is 1.87. The lowest BCUT2D eigenvalue weighted by atomic mass is 10.2. The van der Waals surface area contributed by atoms with Crippen molar-refractivity contribution in [3.63, 3.8) is 0 Å². The second-order valence-electron chi connectivity index (χ2n) is 3.49. The number of hydrogen-bond acceptors (Lipinski definition) is 2. The van der Waals surface area contributed by atoms with Crippen molar-refractivity contribution in [3.8, 4) is 0 Å². The summed E-state index contributed by atoms with van der Waals surface area (Å²) in [5.74, 6) is -0.00457. The van der Waals surface area contributed by atoms with Crippen molar-refractivity contribution in [1.29, 1.82) is 0 Å². The Morgan fingerprint density at radius 2 is 2.00 bits per heavy atom. The molecule has 16 heavy (non-hydrogen) atoms. The van der Waals surface area contributed by atoms with E-state index in [1.165, 1.54) is 5.19 Å². The van der Waals surface area contributed by atoms with Crippen LogP contribution in [-0.4, -0.2) is 28.6 Å². The van der Waals surface area contributed by atoms with Gasteiger partial charge in [-0.05, 0) is 19.4 Å². The van der Waals surface area contributed by atoms with Gasteiger partial charge in [-0.15, -0.1) is 0 Å². The topological polar surface area (TPSA) is 18.5 Å². The Hall–Kier alpha value is -0.903. The van der Waals surface area contributed by atoms with E-state index in [1.807, 2.05) is 19.9 Å². The van der Waals surface area contributed by atoms with E-state index in [9.17, 15) is 0 Å². The summed E-state index contributed by atoms with van der Waals surface area (Å²) in [4.78, 5) is 0. The maximum atomic E-state index is 5.57. The SMILES string of the molecule is C=Cc1cccc([SiH2]C(OCC)OCC)c1. The molecule has 0 aliphatic rings. The zero-order valence-corrected chi connectivity index (χ0v) is 11.5. The quantitative estimate of drug-likeness (QED) is 0.527. The lowest BCUT2D eigenvalue weighted by Crippen LogP contribution is -2.33. The third kappa shape index (κ3) is 4.31. The van der Waals surface area contributed by atoms with Crippen LogP contribution in [0.5, 0.6) is 0 Å².